The van der Waals surface area contributed by atoms with Crippen LogP contribution in [-0.4, -0.2) is 16.8 Å². The van der Waals surface area contributed by atoms with Crippen molar-refractivity contribution in [1.82, 2.24) is 10.2 Å². The van der Waals surface area contributed by atoms with E-state index in [1.165, 1.54) is 56.9 Å². The molecule has 0 radical (unpaired) electrons. The molecule has 3 aromatic rings. The molecule has 1 aromatic heterocycles. The Hall–Kier alpha value is -2.20. The van der Waals surface area contributed by atoms with Gasteiger partial charge in [-0.1, -0.05) is 81.6 Å². The van der Waals surface area contributed by atoms with E-state index in [1.807, 2.05) is 12.1 Å². The van der Waals surface area contributed by atoms with Crippen LogP contribution in [0.4, 0.5) is 0 Å². The van der Waals surface area contributed by atoms with Crippen molar-refractivity contribution in [1.29, 1.82) is 0 Å². The highest BCUT2D eigenvalue weighted by atomic mass is 32.1. The minimum Gasteiger partial charge on any atom is -0.494 e. The first kappa shape index (κ1) is 23.9. The van der Waals surface area contributed by atoms with Crippen LogP contribution in [0.25, 0.3) is 21.1 Å². The molecule has 0 N–H and O–H groups in total. The van der Waals surface area contributed by atoms with Crippen LogP contribution in [0.2, 0.25) is 0 Å². The first-order chi connectivity index (χ1) is 16.3. The van der Waals surface area contributed by atoms with E-state index in [2.05, 4.69) is 60.4 Å². The normalized spacial score (nSPS) is 18.4. The average Bonchev–Trinajstić information content (AvgIpc) is 3.36. The molecule has 4 rings (SSSR count). The maximum Gasteiger partial charge on any atom is 0.148 e. The van der Waals surface area contributed by atoms with Gasteiger partial charge in [-0.15, -0.1) is 10.2 Å². The number of aromatic nitrogens is 2. The zero-order valence-electron chi connectivity index (χ0n) is 20.3. The Kier molecular flexibility index (Phi) is 8.93. The summed E-state index contributed by atoms with van der Waals surface area (Å²) in [6.07, 6.45) is 13.3. The number of nitrogens with zero attached hydrogens (tertiary/aromatic N) is 2. The minimum atomic E-state index is 0.726. The fourth-order valence-corrected chi connectivity index (χ4v) is 5.70. The molecule has 1 aliphatic rings. The van der Waals surface area contributed by atoms with Crippen LogP contribution < -0.4 is 4.74 Å². The molecule has 1 saturated carbocycles. The fraction of sp³-hybridized carbons (Fsp3) is 0.517. The highest BCUT2D eigenvalue weighted by molar-refractivity contribution is 7.17. The van der Waals surface area contributed by atoms with Crippen LogP contribution in [0.5, 0.6) is 5.75 Å². The smallest absolute Gasteiger partial charge is 0.148 e. The highest BCUT2D eigenvalue weighted by Crippen LogP contribution is 2.38. The van der Waals surface area contributed by atoms with E-state index in [9.17, 15) is 0 Å². The fourth-order valence-electron chi connectivity index (χ4n) is 4.85. The molecule has 0 unspecified atom stereocenters. The summed E-state index contributed by atoms with van der Waals surface area (Å²) in [5.74, 6) is 2.61. The summed E-state index contributed by atoms with van der Waals surface area (Å²) in [6.45, 7) is 5.24. The summed E-state index contributed by atoms with van der Waals surface area (Å²) in [4.78, 5) is 0. The van der Waals surface area contributed by atoms with Gasteiger partial charge in [-0.3, -0.25) is 0 Å². The van der Waals surface area contributed by atoms with E-state index in [-0.39, 0.29) is 0 Å². The van der Waals surface area contributed by atoms with Crippen molar-refractivity contribution in [3.8, 4) is 26.9 Å². The Morgan fingerprint density at radius 2 is 1.36 bits per heavy atom. The molecule has 2 aromatic carbocycles. The van der Waals surface area contributed by atoms with Crippen molar-refractivity contribution in [2.75, 3.05) is 6.61 Å². The van der Waals surface area contributed by atoms with Gasteiger partial charge in [-0.05, 0) is 73.8 Å². The van der Waals surface area contributed by atoms with Crippen molar-refractivity contribution in [2.24, 2.45) is 5.92 Å². The van der Waals surface area contributed by atoms with Crippen LogP contribution in [0.1, 0.15) is 89.5 Å². The second-order valence-corrected chi connectivity index (χ2v) is 10.5. The van der Waals surface area contributed by atoms with Crippen molar-refractivity contribution >= 4 is 11.3 Å². The summed E-state index contributed by atoms with van der Waals surface area (Å²) < 4.78 is 5.77. The predicted octanol–water partition coefficient (Wildman–Crippen LogP) is 8.91. The Morgan fingerprint density at radius 1 is 0.758 bits per heavy atom. The van der Waals surface area contributed by atoms with Gasteiger partial charge in [-0.25, -0.2) is 0 Å². The molecule has 0 bridgehead atoms. The number of benzene rings is 2. The molecular weight excluding hydrogens is 424 g/mol. The number of ether oxygens (including phenoxy) is 1. The molecule has 1 fully saturated rings. The lowest BCUT2D eigenvalue weighted by molar-refractivity contribution is 0.303. The standard InChI is InChI=1S/C29H38N2OS/c1-3-5-7-8-22-9-11-23(12-10-22)24-13-15-25(16-14-24)28-30-31-29(33-28)26-17-19-27(20-18-26)32-21-6-4-2/h13-20,22-23H,3-12,21H2,1-2H3. The third kappa shape index (κ3) is 6.66. The first-order valence-corrected chi connectivity index (χ1v) is 13.8. The molecule has 176 valence electrons. The molecule has 0 aliphatic heterocycles. The maximum absolute atomic E-state index is 5.77. The largest absolute Gasteiger partial charge is 0.494 e. The van der Waals surface area contributed by atoms with E-state index in [4.69, 9.17) is 4.74 Å². The lowest BCUT2D eigenvalue weighted by atomic mass is 9.77. The van der Waals surface area contributed by atoms with Crippen molar-refractivity contribution in [2.45, 2.75) is 84.0 Å². The van der Waals surface area contributed by atoms with Gasteiger partial charge in [0.2, 0.25) is 0 Å². The van der Waals surface area contributed by atoms with E-state index in [0.29, 0.717) is 0 Å². The van der Waals surface area contributed by atoms with Gasteiger partial charge in [0.05, 0.1) is 6.61 Å². The van der Waals surface area contributed by atoms with E-state index < -0.39 is 0 Å². The van der Waals surface area contributed by atoms with Gasteiger partial charge in [0.1, 0.15) is 15.8 Å². The Labute approximate surface area is 203 Å². The zero-order chi connectivity index (χ0) is 22.9. The van der Waals surface area contributed by atoms with Crippen LogP contribution in [-0.2, 0) is 0 Å². The number of rotatable bonds is 11. The molecule has 0 amide bonds. The van der Waals surface area contributed by atoms with E-state index in [1.54, 1.807) is 11.3 Å². The lowest BCUT2D eigenvalue weighted by Gasteiger charge is -2.29. The van der Waals surface area contributed by atoms with E-state index >= 15 is 0 Å². The monoisotopic (exact) mass is 462 g/mol. The van der Waals surface area contributed by atoms with Crippen molar-refractivity contribution < 1.29 is 4.74 Å². The molecule has 4 heteroatoms. The molecule has 0 spiro atoms. The molecule has 3 nitrogen and oxygen atoms in total. The second-order valence-electron chi connectivity index (χ2n) is 9.47. The molecular formula is C29H38N2OS. The Balaban J connectivity index is 1.33. The Morgan fingerprint density at radius 3 is 1.97 bits per heavy atom. The van der Waals surface area contributed by atoms with Gasteiger partial charge in [-0.2, -0.15) is 0 Å². The Bertz CT molecular complexity index is 956. The third-order valence-electron chi connectivity index (χ3n) is 6.98. The van der Waals surface area contributed by atoms with Gasteiger partial charge in [0, 0.05) is 11.1 Å². The number of unbranched alkanes of at least 4 members (excludes halogenated alkanes) is 3. The van der Waals surface area contributed by atoms with Crippen LogP contribution in [0, 0.1) is 5.92 Å². The summed E-state index contributed by atoms with van der Waals surface area (Å²) in [5, 5.41) is 10.9. The molecule has 0 saturated heterocycles. The highest BCUT2D eigenvalue weighted by Gasteiger charge is 2.22. The summed E-state index contributed by atoms with van der Waals surface area (Å²) in [6, 6.07) is 17.3. The maximum atomic E-state index is 5.77. The molecule has 0 atom stereocenters. The molecule has 1 heterocycles. The van der Waals surface area contributed by atoms with E-state index in [0.717, 1.165) is 58.2 Å². The molecule has 33 heavy (non-hydrogen) atoms. The number of hydrogen-bond donors (Lipinski definition) is 0. The van der Waals surface area contributed by atoms with Gasteiger partial charge in [0.15, 0.2) is 0 Å². The van der Waals surface area contributed by atoms with Gasteiger partial charge < -0.3 is 4.74 Å². The molecule has 1 aliphatic carbocycles. The predicted molar refractivity (Wildman–Crippen MR) is 140 cm³/mol. The SMILES string of the molecule is CCCCCC1CCC(c2ccc(-c3nnc(-c4ccc(OCCCC)cc4)s3)cc2)CC1. The lowest BCUT2D eigenvalue weighted by Crippen LogP contribution is -2.13. The first-order valence-electron chi connectivity index (χ1n) is 12.9. The second kappa shape index (κ2) is 12.3. The summed E-state index contributed by atoms with van der Waals surface area (Å²) in [7, 11) is 0. The van der Waals surface area contributed by atoms with Crippen LogP contribution in [0.3, 0.4) is 0 Å². The quantitative estimate of drug-likeness (QED) is 0.267. The average molecular weight is 463 g/mol. The topological polar surface area (TPSA) is 35.0 Å². The van der Waals surface area contributed by atoms with Gasteiger partial charge >= 0.3 is 0 Å². The van der Waals surface area contributed by atoms with Crippen molar-refractivity contribution in [3.05, 3.63) is 54.1 Å². The summed E-state index contributed by atoms with van der Waals surface area (Å²) in [5.41, 5.74) is 3.75. The van der Waals surface area contributed by atoms with Crippen LogP contribution in [0.15, 0.2) is 48.5 Å². The van der Waals surface area contributed by atoms with Gasteiger partial charge in [0.25, 0.3) is 0 Å². The van der Waals surface area contributed by atoms with Crippen molar-refractivity contribution in [3.63, 3.8) is 0 Å². The zero-order valence-corrected chi connectivity index (χ0v) is 21.1. The minimum absolute atomic E-state index is 0.726. The summed E-state index contributed by atoms with van der Waals surface area (Å²) >= 11 is 1.65. The van der Waals surface area contributed by atoms with Crippen LogP contribution >= 0.6 is 11.3 Å². The number of hydrogen-bond acceptors (Lipinski definition) is 4. The third-order valence-corrected chi connectivity index (χ3v) is 8.01.